The molecule has 0 aliphatic rings. The molecule has 0 heterocycles. The van der Waals surface area contributed by atoms with E-state index in [1.807, 2.05) is 50.2 Å². The van der Waals surface area contributed by atoms with Crippen LogP contribution in [-0.2, 0) is 10.0 Å². The Hall–Kier alpha value is -1.85. The molecule has 0 aliphatic carbocycles. The average molecular weight is 319 g/mol. The molecule has 0 radical (unpaired) electrons. The van der Waals surface area contributed by atoms with Crippen LogP contribution in [0.2, 0.25) is 0 Å². The van der Waals surface area contributed by atoms with Crippen LogP contribution in [0.1, 0.15) is 13.8 Å². The molecule has 2 aromatic carbocycles. The lowest BCUT2D eigenvalue weighted by atomic mass is 10.1. The molecule has 0 bridgehead atoms. The summed E-state index contributed by atoms with van der Waals surface area (Å²) in [6, 6.07) is 14.5. The maximum atomic E-state index is 12.8. The van der Waals surface area contributed by atoms with Gasteiger partial charge < -0.3 is 4.74 Å². The Morgan fingerprint density at radius 2 is 1.55 bits per heavy atom. The second-order valence-corrected chi connectivity index (χ2v) is 6.72. The Labute approximate surface area is 132 Å². The highest BCUT2D eigenvalue weighted by molar-refractivity contribution is 7.89. The summed E-state index contributed by atoms with van der Waals surface area (Å²) < 4.78 is 32.2. The zero-order valence-corrected chi connectivity index (χ0v) is 13.9. The van der Waals surface area contributed by atoms with Gasteiger partial charge in [-0.1, -0.05) is 44.2 Å². The minimum absolute atomic E-state index is 0.337. The van der Waals surface area contributed by atoms with E-state index in [0.29, 0.717) is 23.5 Å². The van der Waals surface area contributed by atoms with Crippen molar-refractivity contribution < 1.29 is 13.2 Å². The standard InChI is InChI=1S/C17H21NO3S/c1-4-18(5-2)22(19,20)17-9-7-6-8-16(17)14-10-12-15(21-3)13-11-14/h6-13H,4-5H2,1-3H3. The molecule has 0 aliphatic heterocycles. The Kier molecular flexibility index (Phi) is 5.21. The molecule has 22 heavy (non-hydrogen) atoms. The fourth-order valence-electron chi connectivity index (χ4n) is 2.40. The molecule has 0 saturated heterocycles. The maximum absolute atomic E-state index is 12.8. The molecular formula is C17H21NO3S. The summed E-state index contributed by atoms with van der Waals surface area (Å²) in [4.78, 5) is 0.337. The summed E-state index contributed by atoms with van der Waals surface area (Å²) in [6.07, 6.45) is 0. The van der Waals surface area contributed by atoms with Crippen LogP contribution >= 0.6 is 0 Å². The SMILES string of the molecule is CCN(CC)S(=O)(=O)c1ccccc1-c1ccc(OC)cc1. The first-order valence-corrected chi connectivity index (χ1v) is 8.72. The first kappa shape index (κ1) is 16.5. The van der Waals surface area contributed by atoms with E-state index in [4.69, 9.17) is 4.74 Å². The summed E-state index contributed by atoms with van der Waals surface area (Å²) in [5.41, 5.74) is 1.56. The smallest absolute Gasteiger partial charge is 0.243 e. The van der Waals surface area contributed by atoms with E-state index in [2.05, 4.69) is 0 Å². The molecule has 0 amide bonds. The Morgan fingerprint density at radius 1 is 0.955 bits per heavy atom. The van der Waals surface area contributed by atoms with Crippen LogP contribution in [0.3, 0.4) is 0 Å². The molecule has 0 N–H and O–H groups in total. The van der Waals surface area contributed by atoms with Crippen LogP contribution in [0.15, 0.2) is 53.4 Å². The molecule has 2 rings (SSSR count). The van der Waals surface area contributed by atoms with Gasteiger partial charge in [0.25, 0.3) is 0 Å². The average Bonchev–Trinajstić information content (AvgIpc) is 2.56. The highest BCUT2D eigenvalue weighted by Crippen LogP contribution is 2.30. The molecule has 5 heteroatoms. The lowest BCUT2D eigenvalue weighted by molar-refractivity contribution is 0.415. The predicted octanol–water partition coefficient (Wildman–Crippen LogP) is 3.39. The van der Waals surface area contributed by atoms with Gasteiger partial charge in [0, 0.05) is 18.7 Å². The van der Waals surface area contributed by atoms with Crippen molar-refractivity contribution >= 4 is 10.0 Å². The Morgan fingerprint density at radius 3 is 2.09 bits per heavy atom. The predicted molar refractivity (Wildman–Crippen MR) is 88.5 cm³/mol. The van der Waals surface area contributed by atoms with Gasteiger partial charge >= 0.3 is 0 Å². The van der Waals surface area contributed by atoms with E-state index < -0.39 is 10.0 Å². The first-order valence-electron chi connectivity index (χ1n) is 7.28. The number of ether oxygens (including phenoxy) is 1. The number of hydrogen-bond acceptors (Lipinski definition) is 3. The van der Waals surface area contributed by atoms with E-state index in [-0.39, 0.29) is 0 Å². The monoisotopic (exact) mass is 319 g/mol. The molecule has 0 spiro atoms. The summed E-state index contributed by atoms with van der Waals surface area (Å²) in [7, 11) is -1.89. The maximum Gasteiger partial charge on any atom is 0.243 e. The number of rotatable bonds is 6. The highest BCUT2D eigenvalue weighted by atomic mass is 32.2. The van der Waals surface area contributed by atoms with E-state index in [9.17, 15) is 8.42 Å². The summed E-state index contributed by atoms with van der Waals surface area (Å²) in [5.74, 6) is 0.743. The van der Waals surface area contributed by atoms with Gasteiger partial charge in [-0.3, -0.25) is 0 Å². The molecule has 4 nitrogen and oxygen atoms in total. The summed E-state index contributed by atoms with van der Waals surface area (Å²) in [5, 5.41) is 0. The second-order valence-electron chi connectivity index (χ2n) is 4.81. The number of hydrogen-bond donors (Lipinski definition) is 0. The van der Waals surface area contributed by atoms with Crippen LogP contribution in [0.5, 0.6) is 5.75 Å². The molecule has 0 saturated carbocycles. The van der Waals surface area contributed by atoms with Gasteiger partial charge in [-0.15, -0.1) is 0 Å². The summed E-state index contributed by atoms with van der Waals surface area (Å²) >= 11 is 0. The Bertz CT molecular complexity index is 720. The van der Waals surface area contributed by atoms with Crippen molar-refractivity contribution in [3.8, 4) is 16.9 Å². The zero-order valence-electron chi connectivity index (χ0n) is 13.1. The number of methoxy groups -OCH3 is 1. The fourth-order valence-corrected chi connectivity index (χ4v) is 4.08. The van der Waals surface area contributed by atoms with Crippen molar-refractivity contribution in [2.45, 2.75) is 18.7 Å². The van der Waals surface area contributed by atoms with E-state index >= 15 is 0 Å². The third-order valence-corrected chi connectivity index (χ3v) is 5.72. The fraction of sp³-hybridized carbons (Fsp3) is 0.294. The van der Waals surface area contributed by atoms with Crippen molar-refractivity contribution in [2.75, 3.05) is 20.2 Å². The van der Waals surface area contributed by atoms with Crippen molar-refractivity contribution in [3.63, 3.8) is 0 Å². The van der Waals surface area contributed by atoms with Gasteiger partial charge in [0.05, 0.1) is 12.0 Å². The van der Waals surface area contributed by atoms with Gasteiger partial charge in [-0.2, -0.15) is 4.31 Å². The third-order valence-electron chi connectivity index (χ3n) is 3.61. The minimum Gasteiger partial charge on any atom is -0.497 e. The van der Waals surface area contributed by atoms with Gasteiger partial charge in [0.1, 0.15) is 5.75 Å². The minimum atomic E-state index is -3.49. The quantitative estimate of drug-likeness (QED) is 0.820. The van der Waals surface area contributed by atoms with Crippen molar-refractivity contribution in [1.29, 1.82) is 0 Å². The number of benzene rings is 2. The van der Waals surface area contributed by atoms with Crippen LogP contribution in [0, 0.1) is 0 Å². The van der Waals surface area contributed by atoms with Gasteiger partial charge in [-0.05, 0) is 23.8 Å². The second kappa shape index (κ2) is 6.94. The molecule has 0 unspecified atom stereocenters. The molecule has 118 valence electrons. The largest absolute Gasteiger partial charge is 0.497 e. The molecule has 0 aromatic heterocycles. The van der Waals surface area contributed by atoms with Crippen molar-refractivity contribution in [3.05, 3.63) is 48.5 Å². The molecular weight excluding hydrogens is 298 g/mol. The zero-order chi connectivity index (χ0) is 16.2. The van der Waals surface area contributed by atoms with Gasteiger partial charge in [-0.25, -0.2) is 8.42 Å². The lowest BCUT2D eigenvalue weighted by Gasteiger charge is -2.20. The van der Waals surface area contributed by atoms with Gasteiger partial charge in [0.2, 0.25) is 10.0 Å². The van der Waals surface area contributed by atoms with Crippen LogP contribution in [-0.4, -0.2) is 32.9 Å². The van der Waals surface area contributed by atoms with E-state index in [1.165, 1.54) is 4.31 Å². The van der Waals surface area contributed by atoms with Crippen molar-refractivity contribution in [1.82, 2.24) is 4.31 Å². The summed E-state index contributed by atoms with van der Waals surface area (Å²) in [6.45, 7) is 4.60. The first-order chi connectivity index (χ1) is 10.5. The normalized spacial score (nSPS) is 11.6. The lowest BCUT2D eigenvalue weighted by Crippen LogP contribution is -2.30. The van der Waals surface area contributed by atoms with Crippen molar-refractivity contribution in [2.24, 2.45) is 0 Å². The Balaban J connectivity index is 2.55. The van der Waals surface area contributed by atoms with Crippen LogP contribution in [0.4, 0.5) is 0 Å². The molecule has 0 atom stereocenters. The molecule has 2 aromatic rings. The van der Waals surface area contributed by atoms with Crippen LogP contribution < -0.4 is 4.74 Å². The number of nitrogens with zero attached hydrogens (tertiary/aromatic N) is 1. The van der Waals surface area contributed by atoms with E-state index in [1.54, 1.807) is 19.2 Å². The van der Waals surface area contributed by atoms with E-state index in [0.717, 1.165) is 11.3 Å². The van der Waals surface area contributed by atoms with Gasteiger partial charge in [0.15, 0.2) is 0 Å². The number of sulfonamides is 1. The highest BCUT2D eigenvalue weighted by Gasteiger charge is 2.24. The molecule has 0 fully saturated rings. The topological polar surface area (TPSA) is 46.6 Å². The third kappa shape index (κ3) is 3.15. The van der Waals surface area contributed by atoms with Crippen LogP contribution in [0.25, 0.3) is 11.1 Å².